The lowest BCUT2D eigenvalue weighted by atomic mass is 9.77. The molecule has 0 unspecified atom stereocenters. The maximum absolute atomic E-state index is 12.4. The first-order valence-corrected chi connectivity index (χ1v) is 10.00. The summed E-state index contributed by atoms with van der Waals surface area (Å²) in [6.45, 7) is 2.93. The van der Waals surface area contributed by atoms with Gasteiger partial charge in [-0.05, 0) is 36.8 Å². The van der Waals surface area contributed by atoms with Crippen LogP contribution in [-0.4, -0.2) is 36.7 Å². The standard InChI is InChI=1S/C23H28N2O4/c1-17(18-8-4-2-5-9-18)25-22(27)21(26)24-16-23(28,19-10-6-3-7-11-19)20-12-14-29-15-13-20/h2-11,17,20,28H,12-16H2,1H3,(H,24,26)(H,25,27)/t17-,23-/m0/s1. The number of ether oxygens (including phenoxy) is 1. The summed E-state index contributed by atoms with van der Waals surface area (Å²) in [4.78, 5) is 24.7. The second-order valence-electron chi connectivity index (χ2n) is 7.47. The van der Waals surface area contributed by atoms with Gasteiger partial charge in [0.2, 0.25) is 0 Å². The number of benzene rings is 2. The molecule has 1 heterocycles. The van der Waals surface area contributed by atoms with Gasteiger partial charge >= 0.3 is 11.8 Å². The predicted octanol–water partition coefficient (Wildman–Crippen LogP) is 2.29. The monoisotopic (exact) mass is 396 g/mol. The van der Waals surface area contributed by atoms with E-state index in [1.165, 1.54) is 0 Å². The molecule has 2 aromatic carbocycles. The van der Waals surface area contributed by atoms with Gasteiger partial charge in [0.25, 0.3) is 0 Å². The molecule has 0 saturated carbocycles. The molecule has 3 rings (SSSR count). The summed E-state index contributed by atoms with van der Waals surface area (Å²) >= 11 is 0. The molecular weight excluding hydrogens is 368 g/mol. The number of nitrogens with one attached hydrogen (secondary N) is 2. The summed E-state index contributed by atoms with van der Waals surface area (Å²) < 4.78 is 5.42. The van der Waals surface area contributed by atoms with Gasteiger partial charge in [-0.25, -0.2) is 0 Å². The normalized spacial score (nSPS) is 17.7. The van der Waals surface area contributed by atoms with Crippen molar-refractivity contribution in [1.82, 2.24) is 10.6 Å². The van der Waals surface area contributed by atoms with Gasteiger partial charge in [0.15, 0.2) is 0 Å². The quantitative estimate of drug-likeness (QED) is 0.654. The first kappa shape index (κ1) is 21.0. The third kappa shape index (κ3) is 5.22. The maximum Gasteiger partial charge on any atom is 0.309 e. The maximum atomic E-state index is 12.4. The van der Waals surface area contributed by atoms with Crippen molar-refractivity contribution in [3.8, 4) is 0 Å². The average molecular weight is 396 g/mol. The fourth-order valence-electron chi connectivity index (χ4n) is 3.77. The van der Waals surface area contributed by atoms with Crippen LogP contribution in [-0.2, 0) is 19.9 Å². The molecule has 0 aromatic heterocycles. The van der Waals surface area contributed by atoms with E-state index in [9.17, 15) is 14.7 Å². The van der Waals surface area contributed by atoms with E-state index in [-0.39, 0.29) is 18.5 Å². The molecular formula is C23H28N2O4. The van der Waals surface area contributed by atoms with Gasteiger partial charge < -0.3 is 20.5 Å². The van der Waals surface area contributed by atoms with Crippen LogP contribution in [0, 0.1) is 5.92 Å². The number of amides is 2. The lowest BCUT2D eigenvalue weighted by molar-refractivity contribution is -0.141. The molecule has 6 nitrogen and oxygen atoms in total. The van der Waals surface area contributed by atoms with E-state index in [1.54, 1.807) is 0 Å². The summed E-state index contributed by atoms with van der Waals surface area (Å²) in [5.41, 5.74) is 0.383. The second-order valence-corrected chi connectivity index (χ2v) is 7.47. The number of hydrogen-bond donors (Lipinski definition) is 3. The smallest absolute Gasteiger partial charge is 0.309 e. The molecule has 0 spiro atoms. The van der Waals surface area contributed by atoms with Crippen molar-refractivity contribution < 1.29 is 19.4 Å². The van der Waals surface area contributed by atoms with Gasteiger partial charge in [-0.15, -0.1) is 0 Å². The van der Waals surface area contributed by atoms with Crippen LogP contribution >= 0.6 is 0 Å². The molecule has 6 heteroatoms. The van der Waals surface area contributed by atoms with Gasteiger partial charge in [-0.3, -0.25) is 9.59 Å². The Morgan fingerprint density at radius 3 is 2.24 bits per heavy atom. The molecule has 0 bridgehead atoms. The first-order chi connectivity index (χ1) is 14.0. The van der Waals surface area contributed by atoms with Crippen LogP contribution in [0.25, 0.3) is 0 Å². The van der Waals surface area contributed by atoms with Crippen LogP contribution in [0.1, 0.15) is 36.9 Å². The molecule has 1 saturated heterocycles. The molecule has 1 fully saturated rings. The lowest BCUT2D eigenvalue weighted by Crippen LogP contribution is -2.50. The van der Waals surface area contributed by atoms with Crippen molar-refractivity contribution >= 4 is 11.8 Å². The minimum absolute atomic E-state index is 0.0341. The van der Waals surface area contributed by atoms with Crippen LogP contribution in [0.4, 0.5) is 0 Å². The zero-order valence-electron chi connectivity index (χ0n) is 16.6. The fraction of sp³-hybridized carbons (Fsp3) is 0.391. The van der Waals surface area contributed by atoms with E-state index in [0.717, 1.165) is 11.1 Å². The summed E-state index contributed by atoms with van der Waals surface area (Å²) in [6, 6.07) is 18.4. The highest BCUT2D eigenvalue weighted by molar-refractivity contribution is 6.35. The molecule has 1 aliphatic heterocycles. The van der Waals surface area contributed by atoms with Gasteiger partial charge in [0.1, 0.15) is 5.60 Å². The SMILES string of the molecule is C[C@H](NC(=O)C(=O)NC[C@](O)(c1ccccc1)C1CCOCC1)c1ccccc1. The van der Waals surface area contributed by atoms with Gasteiger partial charge in [0, 0.05) is 13.2 Å². The number of aliphatic hydroxyl groups is 1. The highest BCUT2D eigenvalue weighted by atomic mass is 16.5. The van der Waals surface area contributed by atoms with Crippen molar-refractivity contribution in [2.45, 2.75) is 31.4 Å². The van der Waals surface area contributed by atoms with E-state index in [4.69, 9.17) is 4.74 Å². The lowest BCUT2D eigenvalue weighted by Gasteiger charge is -2.39. The van der Waals surface area contributed by atoms with Crippen LogP contribution in [0.2, 0.25) is 0 Å². The third-order valence-electron chi connectivity index (χ3n) is 5.54. The zero-order valence-corrected chi connectivity index (χ0v) is 16.6. The highest BCUT2D eigenvalue weighted by Gasteiger charge is 2.39. The van der Waals surface area contributed by atoms with E-state index >= 15 is 0 Å². The number of rotatable bonds is 6. The Kier molecular flexibility index (Phi) is 7.01. The Morgan fingerprint density at radius 1 is 1.03 bits per heavy atom. The zero-order chi connectivity index (χ0) is 20.7. The van der Waals surface area contributed by atoms with Crippen molar-refractivity contribution in [1.29, 1.82) is 0 Å². The minimum Gasteiger partial charge on any atom is -0.383 e. The van der Waals surface area contributed by atoms with Gasteiger partial charge in [-0.1, -0.05) is 60.7 Å². The minimum atomic E-state index is -1.26. The summed E-state index contributed by atoms with van der Waals surface area (Å²) in [5, 5.41) is 16.8. The van der Waals surface area contributed by atoms with Crippen LogP contribution in [0.5, 0.6) is 0 Å². The Labute approximate surface area is 171 Å². The van der Waals surface area contributed by atoms with E-state index in [2.05, 4.69) is 10.6 Å². The van der Waals surface area contributed by atoms with Crippen molar-refractivity contribution in [2.75, 3.05) is 19.8 Å². The van der Waals surface area contributed by atoms with Crippen molar-refractivity contribution in [3.63, 3.8) is 0 Å². The second kappa shape index (κ2) is 9.67. The number of carbonyl (C=O) groups is 2. The largest absolute Gasteiger partial charge is 0.383 e. The van der Waals surface area contributed by atoms with E-state index in [0.29, 0.717) is 26.1 Å². The Balaban J connectivity index is 1.65. The molecule has 0 radical (unpaired) electrons. The molecule has 2 aromatic rings. The van der Waals surface area contributed by atoms with Crippen LogP contribution < -0.4 is 10.6 Å². The number of carbonyl (C=O) groups excluding carboxylic acids is 2. The van der Waals surface area contributed by atoms with Crippen LogP contribution in [0.15, 0.2) is 60.7 Å². The Morgan fingerprint density at radius 2 is 1.62 bits per heavy atom. The van der Waals surface area contributed by atoms with Gasteiger partial charge in [-0.2, -0.15) is 0 Å². The first-order valence-electron chi connectivity index (χ1n) is 10.00. The predicted molar refractivity (Wildman–Crippen MR) is 110 cm³/mol. The van der Waals surface area contributed by atoms with Crippen LogP contribution in [0.3, 0.4) is 0 Å². The summed E-state index contributed by atoms with van der Waals surface area (Å²) in [6.07, 6.45) is 1.39. The van der Waals surface area contributed by atoms with Crippen molar-refractivity contribution in [2.24, 2.45) is 5.92 Å². The number of hydrogen-bond acceptors (Lipinski definition) is 4. The Bertz CT molecular complexity index is 806. The highest BCUT2D eigenvalue weighted by Crippen LogP contribution is 2.35. The average Bonchev–Trinajstić information content (AvgIpc) is 2.79. The molecule has 3 N–H and O–H groups in total. The summed E-state index contributed by atoms with van der Waals surface area (Å²) in [5.74, 6) is -1.54. The molecule has 1 aliphatic rings. The third-order valence-corrected chi connectivity index (χ3v) is 5.54. The van der Waals surface area contributed by atoms with Crippen molar-refractivity contribution in [3.05, 3.63) is 71.8 Å². The molecule has 2 atom stereocenters. The Hall–Kier alpha value is -2.70. The van der Waals surface area contributed by atoms with E-state index < -0.39 is 17.4 Å². The molecule has 29 heavy (non-hydrogen) atoms. The van der Waals surface area contributed by atoms with E-state index in [1.807, 2.05) is 67.6 Å². The topological polar surface area (TPSA) is 87.7 Å². The molecule has 2 amide bonds. The fourth-order valence-corrected chi connectivity index (χ4v) is 3.77. The molecule has 0 aliphatic carbocycles. The summed E-state index contributed by atoms with van der Waals surface area (Å²) in [7, 11) is 0. The van der Waals surface area contributed by atoms with Gasteiger partial charge in [0.05, 0.1) is 12.6 Å². The molecule has 154 valence electrons.